The Morgan fingerprint density at radius 3 is 2.29 bits per heavy atom. The molecule has 3 aromatic carbocycles. The molecule has 1 aromatic heterocycles. The lowest BCUT2D eigenvalue weighted by Crippen LogP contribution is -2.34. The standard InChI is InChI=1S/C28H27N3O3/c1-20-12-14-23(15-13-20)28-30-24(19-34-28)16-17-29-26(32)18-25(21-8-4-2-5-9-21)31-27(33)22-10-6-3-7-11-22/h2-15,19,25H,16-18H2,1H3,(H,29,32)(H,31,33). The average molecular weight is 454 g/mol. The lowest BCUT2D eigenvalue weighted by atomic mass is 10.0. The van der Waals surface area contributed by atoms with Crippen molar-refractivity contribution in [2.24, 2.45) is 0 Å². The van der Waals surface area contributed by atoms with Crippen LogP contribution in [0.5, 0.6) is 0 Å². The predicted molar refractivity (Wildman–Crippen MR) is 131 cm³/mol. The molecule has 0 fully saturated rings. The number of hydrogen-bond acceptors (Lipinski definition) is 4. The Morgan fingerprint density at radius 2 is 1.59 bits per heavy atom. The first-order valence-corrected chi connectivity index (χ1v) is 11.3. The van der Waals surface area contributed by atoms with E-state index in [1.54, 1.807) is 18.4 Å². The highest BCUT2D eigenvalue weighted by Gasteiger charge is 2.19. The third kappa shape index (κ3) is 6.19. The second-order valence-electron chi connectivity index (χ2n) is 8.12. The van der Waals surface area contributed by atoms with Gasteiger partial charge < -0.3 is 15.1 Å². The maximum atomic E-state index is 12.7. The summed E-state index contributed by atoms with van der Waals surface area (Å²) >= 11 is 0. The topological polar surface area (TPSA) is 84.2 Å². The molecule has 0 saturated carbocycles. The molecule has 6 nitrogen and oxygen atoms in total. The van der Waals surface area contributed by atoms with E-state index in [-0.39, 0.29) is 18.2 Å². The largest absolute Gasteiger partial charge is 0.444 e. The fourth-order valence-corrected chi connectivity index (χ4v) is 3.61. The molecule has 1 unspecified atom stereocenters. The molecule has 2 amide bonds. The summed E-state index contributed by atoms with van der Waals surface area (Å²) in [6.07, 6.45) is 2.30. The van der Waals surface area contributed by atoms with Crippen LogP contribution in [0.1, 0.15) is 39.6 Å². The Bertz CT molecular complexity index is 1220. The van der Waals surface area contributed by atoms with E-state index in [1.165, 1.54) is 5.56 Å². The average Bonchev–Trinajstić information content (AvgIpc) is 3.34. The Morgan fingerprint density at radius 1 is 0.912 bits per heavy atom. The van der Waals surface area contributed by atoms with E-state index in [1.807, 2.05) is 79.7 Å². The quantitative estimate of drug-likeness (QED) is 0.379. The molecule has 0 saturated heterocycles. The van der Waals surface area contributed by atoms with Crippen LogP contribution >= 0.6 is 0 Å². The Balaban J connectivity index is 1.33. The third-order valence-electron chi connectivity index (χ3n) is 5.49. The molecule has 6 heteroatoms. The van der Waals surface area contributed by atoms with E-state index in [4.69, 9.17) is 4.42 Å². The first kappa shape index (κ1) is 23.0. The van der Waals surface area contributed by atoms with Gasteiger partial charge in [0.15, 0.2) is 0 Å². The highest BCUT2D eigenvalue weighted by atomic mass is 16.3. The Hall–Kier alpha value is -4.19. The van der Waals surface area contributed by atoms with E-state index < -0.39 is 6.04 Å². The number of amides is 2. The Kier molecular flexibility index (Phi) is 7.50. The number of carbonyl (C=O) groups is 2. The van der Waals surface area contributed by atoms with Gasteiger partial charge in [-0.3, -0.25) is 9.59 Å². The van der Waals surface area contributed by atoms with Gasteiger partial charge in [-0.05, 0) is 36.8 Å². The van der Waals surface area contributed by atoms with Crippen LogP contribution in [0.4, 0.5) is 0 Å². The van der Waals surface area contributed by atoms with E-state index in [2.05, 4.69) is 15.6 Å². The zero-order valence-corrected chi connectivity index (χ0v) is 19.0. The fourth-order valence-electron chi connectivity index (χ4n) is 3.61. The lowest BCUT2D eigenvalue weighted by molar-refractivity contribution is -0.121. The van der Waals surface area contributed by atoms with Crippen molar-refractivity contribution in [1.82, 2.24) is 15.6 Å². The van der Waals surface area contributed by atoms with Gasteiger partial charge in [-0.15, -0.1) is 0 Å². The van der Waals surface area contributed by atoms with Crippen LogP contribution in [0.15, 0.2) is 95.6 Å². The second-order valence-corrected chi connectivity index (χ2v) is 8.12. The van der Waals surface area contributed by atoms with Gasteiger partial charge in [0.25, 0.3) is 5.91 Å². The summed E-state index contributed by atoms with van der Waals surface area (Å²) in [6, 6.07) is 26.0. The zero-order chi connectivity index (χ0) is 23.8. The van der Waals surface area contributed by atoms with E-state index in [9.17, 15) is 9.59 Å². The van der Waals surface area contributed by atoms with E-state index >= 15 is 0 Å². The van der Waals surface area contributed by atoms with Gasteiger partial charge in [-0.1, -0.05) is 66.2 Å². The zero-order valence-electron chi connectivity index (χ0n) is 19.0. The molecule has 1 atom stereocenters. The van der Waals surface area contributed by atoms with Gasteiger partial charge in [0.05, 0.1) is 18.2 Å². The van der Waals surface area contributed by atoms with Crippen LogP contribution in [0, 0.1) is 6.92 Å². The van der Waals surface area contributed by atoms with Crippen LogP contribution in [-0.4, -0.2) is 23.3 Å². The molecule has 172 valence electrons. The molecular formula is C28H27N3O3. The van der Waals surface area contributed by atoms with Crippen molar-refractivity contribution >= 4 is 11.8 Å². The lowest BCUT2D eigenvalue weighted by Gasteiger charge is -2.19. The van der Waals surface area contributed by atoms with Gasteiger partial charge in [0.1, 0.15) is 6.26 Å². The van der Waals surface area contributed by atoms with Crippen molar-refractivity contribution in [2.75, 3.05) is 6.54 Å². The van der Waals surface area contributed by atoms with Crippen LogP contribution in [0.25, 0.3) is 11.5 Å². The fraction of sp³-hybridized carbons (Fsp3) is 0.179. The van der Waals surface area contributed by atoms with Crippen LogP contribution in [-0.2, 0) is 11.2 Å². The number of benzene rings is 3. The summed E-state index contributed by atoms with van der Waals surface area (Å²) < 4.78 is 5.58. The van der Waals surface area contributed by atoms with Crippen LogP contribution in [0.2, 0.25) is 0 Å². The summed E-state index contributed by atoms with van der Waals surface area (Å²) in [5, 5.41) is 5.92. The molecule has 1 heterocycles. The highest BCUT2D eigenvalue weighted by molar-refractivity contribution is 5.94. The van der Waals surface area contributed by atoms with Crippen molar-refractivity contribution in [3.63, 3.8) is 0 Å². The van der Waals surface area contributed by atoms with Crippen molar-refractivity contribution < 1.29 is 14.0 Å². The van der Waals surface area contributed by atoms with Crippen molar-refractivity contribution in [3.8, 4) is 11.5 Å². The summed E-state index contributed by atoms with van der Waals surface area (Å²) in [5.41, 5.74) is 4.29. The molecule has 34 heavy (non-hydrogen) atoms. The minimum atomic E-state index is -0.436. The number of rotatable bonds is 9. The van der Waals surface area contributed by atoms with Crippen LogP contribution in [0.3, 0.4) is 0 Å². The normalized spacial score (nSPS) is 11.6. The van der Waals surface area contributed by atoms with Gasteiger partial charge in [0, 0.05) is 24.1 Å². The first-order valence-electron chi connectivity index (χ1n) is 11.3. The molecule has 0 spiro atoms. The van der Waals surface area contributed by atoms with Gasteiger partial charge >= 0.3 is 0 Å². The summed E-state index contributed by atoms with van der Waals surface area (Å²) in [6.45, 7) is 2.45. The maximum absolute atomic E-state index is 12.7. The monoisotopic (exact) mass is 453 g/mol. The molecule has 4 rings (SSSR count). The van der Waals surface area contributed by atoms with Crippen molar-refractivity contribution in [1.29, 1.82) is 0 Å². The predicted octanol–water partition coefficient (Wildman–Crippen LogP) is 4.87. The van der Waals surface area contributed by atoms with E-state index in [0.717, 1.165) is 16.8 Å². The molecular weight excluding hydrogens is 426 g/mol. The van der Waals surface area contributed by atoms with Gasteiger partial charge in [0.2, 0.25) is 11.8 Å². The molecule has 0 aliphatic heterocycles. The number of nitrogens with zero attached hydrogens (tertiary/aromatic N) is 1. The Labute approximate surface area is 199 Å². The number of aromatic nitrogens is 1. The number of aryl methyl sites for hydroxylation is 1. The molecule has 0 aliphatic carbocycles. The van der Waals surface area contributed by atoms with Crippen LogP contribution < -0.4 is 10.6 Å². The smallest absolute Gasteiger partial charge is 0.251 e. The minimum Gasteiger partial charge on any atom is -0.444 e. The number of hydrogen-bond donors (Lipinski definition) is 2. The van der Waals surface area contributed by atoms with Crippen molar-refractivity contribution in [2.45, 2.75) is 25.8 Å². The molecule has 0 aliphatic rings. The summed E-state index contributed by atoms with van der Waals surface area (Å²) in [7, 11) is 0. The number of oxazole rings is 1. The maximum Gasteiger partial charge on any atom is 0.251 e. The van der Waals surface area contributed by atoms with Gasteiger partial charge in [-0.2, -0.15) is 0 Å². The number of nitrogens with one attached hydrogen (secondary N) is 2. The molecule has 4 aromatic rings. The highest BCUT2D eigenvalue weighted by Crippen LogP contribution is 2.20. The minimum absolute atomic E-state index is 0.135. The molecule has 0 radical (unpaired) electrons. The second kappa shape index (κ2) is 11.1. The molecule has 2 N–H and O–H groups in total. The van der Waals surface area contributed by atoms with Gasteiger partial charge in [-0.25, -0.2) is 4.98 Å². The SMILES string of the molecule is Cc1ccc(-c2nc(CCNC(=O)CC(NC(=O)c3ccccc3)c3ccccc3)co2)cc1. The van der Waals surface area contributed by atoms with Crippen molar-refractivity contribution in [3.05, 3.63) is 114 Å². The summed E-state index contributed by atoms with van der Waals surface area (Å²) in [5.74, 6) is 0.201. The third-order valence-corrected chi connectivity index (χ3v) is 5.49. The number of carbonyl (C=O) groups excluding carboxylic acids is 2. The molecule has 0 bridgehead atoms. The first-order chi connectivity index (χ1) is 16.6. The van der Waals surface area contributed by atoms with E-state index in [0.29, 0.717) is 24.4 Å². The summed E-state index contributed by atoms with van der Waals surface area (Å²) in [4.78, 5) is 29.9.